The van der Waals surface area contributed by atoms with Gasteiger partial charge in [0.2, 0.25) is 0 Å². The summed E-state index contributed by atoms with van der Waals surface area (Å²) in [6.07, 6.45) is 0. The fourth-order valence-corrected chi connectivity index (χ4v) is 8.77. The number of furan rings is 1. The Morgan fingerprint density at radius 2 is 0.800 bits per heavy atom. The number of fused-ring (bicyclic) bond motifs is 4. The highest BCUT2D eigenvalue weighted by Gasteiger charge is 2.19. The van der Waals surface area contributed by atoms with Crippen molar-refractivity contribution in [2.45, 2.75) is 0 Å². The average Bonchev–Trinajstić information content (AvgIpc) is 3.73. The van der Waals surface area contributed by atoms with Gasteiger partial charge < -0.3 is 9.32 Å². The lowest BCUT2D eigenvalue weighted by Crippen LogP contribution is -2.10. The Labute approximate surface area is 349 Å². The van der Waals surface area contributed by atoms with Crippen molar-refractivity contribution < 1.29 is 4.42 Å². The number of nitrogens with zero attached hydrogens (tertiary/aromatic N) is 1. The molecule has 2 nitrogen and oxygen atoms in total. The van der Waals surface area contributed by atoms with Gasteiger partial charge in [-0.25, -0.2) is 0 Å². The summed E-state index contributed by atoms with van der Waals surface area (Å²) in [4.78, 5) is 2.36. The zero-order valence-electron chi connectivity index (χ0n) is 32.9. The topological polar surface area (TPSA) is 16.4 Å². The molecule has 0 saturated carbocycles. The zero-order chi connectivity index (χ0) is 39.8. The molecule has 0 saturated heterocycles. The fraction of sp³-hybridized carbons (Fsp3) is 0. The third-order valence-corrected chi connectivity index (χ3v) is 11.7. The van der Waals surface area contributed by atoms with Crippen LogP contribution in [0.25, 0.3) is 88.3 Å². The number of hydrogen-bond donors (Lipinski definition) is 0. The summed E-state index contributed by atoms with van der Waals surface area (Å²) in [5, 5.41) is 6.17. The monoisotopic (exact) mass is 765 g/mol. The van der Waals surface area contributed by atoms with Crippen molar-refractivity contribution in [2.24, 2.45) is 0 Å². The second-order valence-electron chi connectivity index (χ2n) is 15.3. The van der Waals surface area contributed by atoms with E-state index in [1.807, 2.05) is 12.1 Å². The quantitative estimate of drug-likeness (QED) is 0.143. The summed E-state index contributed by atoms with van der Waals surface area (Å²) in [5.74, 6) is 0.880. The normalized spacial score (nSPS) is 11.3. The summed E-state index contributed by atoms with van der Waals surface area (Å²) in [7, 11) is 0. The number of anilines is 3. The predicted molar refractivity (Wildman–Crippen MR) is 253 cm³/mol. The molecule has 0 N–H and O–H groups in total. The van der Waals surface area contributed by atoms with Crippen LogP contribution in [0, 0.1) is 0 Å². The maximum absolute atomic E-state index is 6.59. The highest BCUT2D eigenvalue weighted by atomic mass is 16.3. The third kappa shape index (κ3) is 6.41. The Hall–Kier alpha value is -7.94. The Balaban J connectivity index is 0.987. The number of rotatable bonds is 8. The molecular formula is C58H39NO. The predicted octanol–water partition coefficient (Wildman–Crippen LogP) is 16.5. The van der Waals surface area contributed by atoms with E-state index in [9.17, 15) is 0 Å². The van der Waals surface area contributed by atoms with Gasteiger partial charge >= 0.3 is 0 Å². The maximum Gasteiger partial charge on any atom is 0.143 e. The minimum atomic E-state index is 0.880. The molecule has 0 aliphatic rings. The zero-order valence-corrected chi connectivity index (χ0v) is 32.9. The summed E-state index contributed by atoms with van der Waals surface area (Å²) < 4.78 is 6.59. The number of para-hydroxylation sites is 1. The minimum Gasteiger partial charge on any atom is -0.455 e. The molecule has 60 heavy (non-hydrogen) atoms. The minimum absolute atomic E-state index is 0.880. The SMILES string of the molecule is c1ccc(-c2cccc(N(c3ccc(-c4cccc(-c5oc6ccccc6c5-c5ccccc5)c4)cc3)c3ccc(-c4cc5ccccc5c5ccccc45)cc3)c2)cc1. The van der Waals surface area contributed by atoms with Gasteiger partial charge in [0.1, 0.15) is 11.3 Å². The molecule has 2 heteroatoms. The lowest BCUT2D eigenvalue weighted by molar-refractivity contribution is 0.632. The van der Waals surface area contributed by atoms with Crippen molar-refractivity contribution in [1.82, 2.24) is 0 Å². The summed E-state index contributed by atoms with van der Waals surface area (Å²) in [5.41, 5.74) is 14.5. The summed E-state index contributed by atoms with van der Waals surface area (Å²) >= 11 is 0. The lowest BCUT2D eigenvalue weighted by Gasteiger charge is -2.26. The first-order valence-corrected chi connectivity index (χ1v) is 20.5. The van der Waals surface area contributed by atoms with E-state index >= 15 is 0 Å². The van der Waals surface area contributed by atoms with E-state index < -0.39 is 0 Å². The van der Waals surface area contributed by atoms with Crippen molar-refractivity contribution in [3.05, 3.63) is 237 Å². The first-order valence-electron chi connectivity index (χ1n) is 20.5. The molecule has 0 atom stereocenters. The molecule has 0 fully saturated rings. The maximum atomic E-state index is 6.59. The van der Waals surface area contributed by atoms with Crippen molar-refractivity contribution in [3.8, 4) is 55.8 Å². The van der Waals surface area contributed by atoms with Gasteiger partial charge in [-0.1, -0.05) is 182 Å². The number of hydrogen-bond acceptors (Lipinski definition) is 2. The first kappa shape index (κ1) is 35.2. The van der Waals surface area contributed by atoms with Crippen molar-refractivity contribution in [2.75, 3.05) is 4.90 Å². The van der Waals surface area contributed by atoms with E-state index in [4.69, 9.17) is 4.42 Å². The van der Waals surface area contributed by atoms with E-state index in [1.54, 1.807) is 0 Å². The lowest BCUT2D eigenvalue weighted by atomic mass is 9.93. The van der Waals surface area contributed by atoms with Crippen molar-refractivity contribution in [3.63, 3.8) is 0 Å². The van der Waals surface area contributed by atoms with E-state index in [0.29, 0.717) is 0 Å². The Bertz CT molecular complexity index is 3290. The largest absolute Gasteiger partial charge is 0.455 e. The van der Waals surface area contributed by atoms with E-state index in [-0.39, 0.29) is 0 Å². The van der Waals surface area contributed by atoms with Crippen molar-refractivity contribution >= 4 is 49.6 Å². The van der Waals surface area contributed by atoms with Gasteiger partial charge in [0.25, 0.3) is 0 Å². The van der Waals surface area contributed by atoms with Gasteiger partial charge in [-0.3, -0.25) is 0 Å². The molecule has 0 spiro atoms. The van der Waals surface area contributed by atoms with Crippen LogP contribution in [0.5, 0.6) is 0 Å². The average molecular weight is 766 g/mol. The highest BCUT2D eigenvalue weighted by molar-refractivity contribution is 6.13. The standard InChI is InChI=1S/C58H39NO/c1-3-15-40(16-4-1)45-21-14-23-50(38-45)59(49-35-31-42(32-36-49)55-39-46-19-7-8-24-51(46)52-25-9-10-26-53(52)55)48-33-29-41(30-34-48)44-20-13-22-47(37-44)58-57(43-17-5-2-6-18-43)54-27-11-12-28-56(54)60-58/h1-39H. The molecule has 1 aromatic heterocycles. The summed E-state index contributed by atoms with van der Waals surface area (Å²) in [6, 6.07) is 84.7. The van der Waals surface area contributed by atoms with Gasteiger partial charge in [-0.2, -0.15) is 0 Å². The molecule has 0 radical (unpaired) electrons. The first-order chi connectivity index (χ1) is 29.7. The number of benzene rings is 10. The van der Waals surface area contributed by atoms with Gasteiger partial charge in [0.15, 0.2) is 0 Å². The van der Waals surface area contributed by atoms with Crippen LogP contribution in [0.15, 0.2) is 241 Å². The molecule has 11 aromatic rings. The second-order valence-corrected chi connectivity index (χ2v) is 15.3. The van der Waals surface area contributed by atoms with Crippen LogP contribution in [-0.2, 0) is 0 Å². The third-order valence-electron chi connectivity index (χ3n) is 11.7. The van der Waals surface area contributed by atoms with Crippen LogP contribution in [0.4, 0.5) is 17.1 Å². The molecular weight excluding hydrogens is 727 g/mol. The molecule has 282 valence electrons. The van der Waals surface area contributed by atoms with Crippen LogP contribution >= 0.6 is 0 Å². The van der Waals surface area contributed by atoms with Gasteiger partial charge in [0, 0.05) is 33.6 Å². The Kier molecular flexibility index (Phi) is 8.87. The molecule has 0 unspecified atom stereocenters. The molecule has 1 heterocycles. The van der Waals surface area contributed by atoms with E-state index in [0.717, 1.165) is 61.6 Å². The van der Waals surface area contributed by atoms with Crippen LogP contribution in [0.3, 0.4) is 0 Å². The molecule has 0 aliphatic carbocycles. The fourth-order valence-electron chi connectivity index (χ4n) is 8.77. The molecule has 0 amide bonds. The molecule has 0 aliphatic heterocycles. The Morgan fingerprint density at radius 1 is 0.283 bits per heavy atom. The molecule has 11 rings (SSSR count). The summed E-state index contributed by atoms with van der Waals surface area (Å²) in [6.45, 7) is 0. The van der Waals surface area contributed by atoms with Crippen LogP contribution < -0.4 is 4.90 Å². The molecule has 0 bridgehead atoms. The van der Waals surface area contributed by atoms with Crippen LogP contribution in [-0.4, -0.2) is 0 Å². The van der Waals surface area contributed by atoms with E-state index in [2.05, 4.69) is 229 Å². The van der Waals surface area contributed by atoms with Gasteiger partial charge in [0.05, 0.1) is 0 Å². The second kappa shape index (κ2) is 15.1. The highest BCUT2D eigenvalue weighted by Crippen LogP contribution is 2.43. The Morgan fingerprint density at radius 3 is 1.53 bits per heavy atom. The van der Waals surface area contributed by atoms with Gasteiger partial charge in [-0.15, -0.1) is 0 Å². The smallest absolute Gasteiger partial charge is 0.143 e. The van der Waals surface area contributed by atoms with Crippen LogP contribution in [0.2, 0.25) is 0 Å². The van der Waals surface area contributed by atoms with Crippen LogP contribution in [0.1, 0.15) is 0 Å². The molecule has 10 aromatic carbocycles. The van der Waals surface area contributed by atoms with E-state index in [1.165, 1.54) is 43.8 Å². The van der Waals surface area contributed by atoms with Crippen molar-refractivity contribution in [1.29, 1.82) is 0 Å². The van der Waals surface area contributed by atoms with Gasteiger partial charge in [-0.05, 0) is 115 Å².